The van der Waals surface area contributed by atoms with E-state index in [4.69, 9.17) is 4.74 Å². The van der Waals surface area contributed by atoms with Crippen molar-refractivity contribution in [1.82, 2.24) is 20.5 Å². The summed E-state index contributed by atoms with van der Waals surface area (Å²) in [6.45, 7) is 6.15. The molecule has 0 saturated heterocycles. The molecule has 0 aliphatic carbocycles. The summed E-state index contributed by atoms with van der Waals surface area (Å²) in [5.41, 5.74) is 3.50. The Labute approximate surface area is 246 Å². The summed E-state index contributed by atoms with van der Waals surface area (Å²) in [4.78, 5) is 31.3. The number of nitrogens with one attached hydrogen (secondary N) is 2. The van der Waals surface area contributed by atoms with Crippen molar-refractivity contribution in [3.63, 3.8) is 0 Å². The van der Waals surface area contributed by atoms with Gasteiger partial charge < -0.3 is 25.4 Å². The monoisotopic (exact) mass is 574 g/mol. The van der Waals surface area contributed by atoms with Crippen LogP contribution in [0.1, 0.15) is 49.0 Å². The van der Waals surface area contributed by atoms with Gasteiger partial charge in [0, 0.05) is 31.2 Å². The third-order valence-electron chi connectivity index (χ3n) is 6.12. The Morgan fingerprint density at radius 2 is 1.71 bits per heavy atom. The molecule has 0 spiro atoms. The Kier molecular flexibility index (Phi) is 12.3. The summed E-state index contributed by atoms with van der Waals surface area (Å²) < 4.78 is 5.22. The Balaban J connectivity index is 0.000000575. The number of hydrogen-bond acceptors (Lipinski definition) is 7. The number of nitrogens with zero attached hydrogens (tertiary/aromatic N) is 2. The lowest BCUT2D eigenvalue weighted by Crippen LogP contribution is -2.29. The summed E-state index contributed by atoms with van der Waals surface area (Å²) in [6.07, 6.45) is 0.713. The van der Waals surface area contributed by atoms with Crippen molar-refractivity contribution in [2.45, 2.75) is 33.4 Å². The number of phenols is 1. The van der Waals surface area contributed by atoms with E-state index in [1.807, 2.05) is 54.8 Å². The maximum atomic E-state index is 12.8. The van der Waals surface area contributed by atoms with Crippen LogP contribution in [0.4, 0.5) is 0 Å². The van der Waals surface area contributed by atoms with E-state index in [9.17, 15) is 14.7 Å². The maximum absolute atomic E-state index is 12.8. The molecule has 0 atom stereocenters. The number of benzene rings is 3. The number of thiazole rings is 1. The minimum atomic E-state index is -0.418. The van der Waals surface area contributed by atoms with Crippen LogP contribution in [0.2, 0.25) is 0 Å². The highest BCUT2D eigenvalue weighted by Crippen LogP contribution is 2.24. The lowest BCUT2D eigenvalue weighted by molar-refractivity contribution is 0.0782. The molecule has 3 N–H and O–H groups in total. The molecule has 4 aromatic rings. The number of hydrogen-bond donors (Lipinski definition) is 3. The lowest BCUT2D eigenvalue weighted by Gasteiger charge is -2.17. The molecular weight excluding hydrogens is 536 g/mol. The van der Waals surface area contributed by atoms with E-state index >= 15 is 0 Å². The molecule has 3 aromatic carbocycles. The minimum Gasteiger partial charge on any atom is -0.506 e. The number of aryl methyl sites for hydroxylation is 2. The van der Waals surface area contributed by atoms with Crippen LogP contribution in [0.3, 0.4) is 0 Å². The number of para-hydroxylation sites is 1. The number of carbonyl (C=O) groups is 2. The number of aromatic nitrogens is 1. The van der Waals surface area contributed by atoms with Crippen LogP contribution in [-0.2, 0) is 13.1 Å². The van der Waals surface area contributed by atoms with Gasteiger partial charge in [-0.3, -0.25) is 9.59 Å². The second kappa shape index (κ2) is 16.2. The van der Waals surface area contributed by atoms with Gasteiger partial charge in [0.15, 0.2) is 0 Å². The second-order valence-electron chi connectivity index (χ2n) is 9.54. The highest BCUT2D eigenvalue weighted by molar-refractivity contribution is 7.09. The molecule has 0 fully saturated rings. The van der Waals surface area contributed by atoms with Crippen LogP contribution in [0.15, 0.2) is 78.2 Å². The van der Waals surface area contributed by atoms with E-state index in [0.717, 1.165) is 22.0 Å². The first-order valence-corrected chi connectivity index (χ1v) is 14.3. The predicted molar refractivity (Wildman–Crippen MR) is 164 cm³/mol. The number of aromatic hydroxyl groups is 1. The van der Waals surface area contributed by atoms with Crippen molar-refractivity contribution in [3.8, 4) is 11.5 Å². The quantitative estimate of drug-likeness (QED) is 0.209. The highest BCUT2D eigenvalue weighted by atomic mass is 32.1. The highest BCUT2D eigenvalue weighted by Gasteiger charge is 2.21. The van der Waals surface area contributed by atoms with Gasteiger partial charge in [0.1, 0.15) is 16.5 Å². The van der Waals surface area contributed by atoms with Gasteiger partial charge in [-0.1, -0.05) is 54.1 Å². The second-order valence-corrected chi connectivity index (χ2v) is 10.5. The van der Waals surface area contributed by atoms with Crippen LogP contribution >= 0.6 is 11.3 Å². The fourth-order valence-electron chi connectivity index (χ4n) is 3.92. The van der Waals surface area contributed by atoms with Gasteiger partial charge in [-0.15, -0.1) is 11.3 Å². The number of phenolic OH excluding ortho intramolecular Hbond substituents is 1. The average molecular weight is 575 g/mol. The molecule has 9 heteroatoms. The molecule has 41 heavy (non-hydrogen) atoms. The Morgan fingerprint density at radius 3 is 2.37 bits per heavy atom. The molecule has 1 heterocycles. The van der Waals surface area contributed by atoms with Gasteiger partial charge in [0.2, 0.25) is 0 Å². The molecule has 0 aliphatic heterocycles. The zero-order chi connectivity index (χ0) is 29.6. The molecule has 0 aliphatic rings. The normalized spacial score (nSPS) is 10.3. The smallest absolute Gasteiger partial charge is 0.257 e. The van der Waals surface area contributed by atoms with Crippen LogP contribution in [0, 0.1) is 13.8 Å². The molecule has 8 nitrogen and oxygen atoms in total. The first-order valence-electron chi connectivity index (χ1n) is 13.4. The van der Waals surface area contributed by atoms with Crippen molar-refractivity contribution < 1.29 is 19.4 Å². The third-order valence-corrected chi connectivity index (χ3v) is 7.07. The fraction of sp³-hybridized carbons (Fsp3) is 0.281. The zero-order valence-electron chi connectivity index (χ0n) is 24.0. The molecule has 1 aromatic heterocycles. The van der Waals surface area contributed by atoms with E-state index < -0.39 is 5.91 Å². The predicted octanol–water partition coefficient (Wildman–Crippen LogP) is 5.34. The third kappa shape index (κ3) is 10.0. The summed E-state index contributed by atoms with van der Waals surface area (Å²) in [6, 6.07) is 22.7. The van der Waals surface area contributed by atoms with E-state index in [-0.39, 0.29) is 22.8 Å². The van der Waals surface area contributed by atoms with Crippen molar-refractivity contribution in [1.29, 1.82) is 0 Å². The average Bonchev–Trinajstić information content (AvgIpc) is 3.39. The first-order chi connectivity index (χ1) is 19.8. The summed E-state index contributed by atoms with van der Waals surface area (Å²) in [7, 11) is 3.28. The van der Waals surface area contributed by atoms with Gasteiger partial charge in [0.25, 0.3) is 11.8 Å². The number of ether oxygens (including phenoxy) is 1. The summed E-state index contributed by atoms with van der Waals surface area (Å²) >= 11 is 1.48. The molecule has 216 valence electrons. The van der Waals surface area contributed by atoms with Crippen molar-refractivity contribution in [2.75, 3.05) is 27.2 Å². The van der Waals surface area contributed by atoms with Crippen molar-refractivity contribution in [3.05, 3.63) is 111 Å². The molecular formula is C32H38N4O4S. The Morgan fingerprint density at radius 1 is 0.976 bits per heavy atom. The number of amides is 2. The molecule has 2 amide bonds. The fourth-order valence-corrected chi connectivity index (χ4v) is 4.74. The largest absolute Gasteiger partial charge is 0.506 e. The lowest BCUT2D eigenvalue weighted by atomic mass is 10.1. The number of rotatable bonds is 11. The molecule has 4 rings (SSSR count). The van der Waals surface area contributed by atoms with Crippen molar-refractivity contribution >= 4 is 23.2 Å². The van der Waals surface area contributed by atoms with Gasteiger partial charge >= 0.3 is 0 Å². The van der Waals surface area contributed by atoms with Gasteiger partial charge in [-0.2, -0.15) is 0 Å². The van der Waals surface area contributed by atoms with Crippen LogP contribution in [-0.4, -0.2) is 54.1 Å². The molecule has 0 radical (unpaired) electrons. The molecule has 0 unspecified atom stereocenters. The van der Waals surface area contributed by atoms with Gasteiger partial charge in [0.05, 0.1) is 24.8 Å². The standard InChI is InChI=1S/C25H30N4O4S.C7H8/c1-17-16-34-22(28-17)15-29(2)25(32)21-10-5-9-20(23(21)30)24(31)27-12-6-11-26-14-18-7-4-8-19(13-18)33-3;1-7-5-3-2-4-6-7/h4-5,7-10,13,16,26,30H,6,11-12,14-15H2,1-3H3,(H,27,31);2-6H,1H3. The summed E-state index contributed by atoms with van der Waals surface area (Å²) in [5.74, 6) is -0.292. The zero-order valence-corrected chi connectivity index (χ0v) is 24.8. The van der Waals surface area contributed by atoms with Crippen molar-refractivity contribution in [2.24, 2.45) is 0 Å². The Hall–Kier alpha value is -4.21. The summed E-state index contributed by atoms with van der Waals surface area (Å²) in [5, 5.41) is 19.5. The topological polar surface area (TPSA) is 104 Å². The maximum Gasteiger partial charge on any atom is 0.257 e. The van der Waals surface area contributed by atoms with Gasteiger partial charge in [-0.25, -0.2) is 4.98 Å². The SMILES string of the molecule is COc1cccc(CNCCCNC(=O)c2cccc(C(=O)N(C)Cc3nc(C)cs3)c2O)c1.Cc1ccccc1. The van der Waals surface area contributed by atoms with E-state index in [1.54, 1.807) is 20.2 Å². The van der Waals surface area contributed by atoms with Crippen LogP contribution in [0.5, 0.6) is 11.5 Å². The van der Waals surface area contributed by atoms with Gasteiger partial charge in [-0.05, 0) is 56.6 Å². The Bertz CT molecular complexity index is 1410. The van der Waals surface area contributed by atoms with E-state index in [2.05, 4.69) is 34.7 Å². The first kappa shape index (κ1) is 31.3. The molecule has 0 saturated carbocycles. The number of carbonyl (C=O) groups excluding carboxylic acids is 2. The molecule has 0 bridgehead atoms. The number of methoxy groups -OCH3 is 1. The minimum absolute atomic E-state index is 0.0775. The van der Waals surface area contributed by atoms with Crippen LogP contribution in [0.25, 0.3) is 0 Å². The van der Waals surface area contributed by atoms with E-state index in [1.165, 1.54) is 33.9 Å². The van der Waals surface area contributed by atoms with E-state index in [0.29, 0.717) is 32.6 Å². The van der Waals surface area contributed by atoms with Crippen LogP contribution < -0.4 is 15.4 Å².